The first kappa shape index (κ1) is 146. The van der Waals surface area contributed by atoms with Crippen molar-refractivity contribution in [2.24, 2.45) is 5.73 Å². The highest BCUT2D eigenvalue weighted by Crippen LogP contribution is 2.20. The maximum absolute atomic E-state index is 14.0. The van der Waals surface area contributed by atoms with E-state index in [1.165, 1.54) is 0 Å². The van der Waals surface area contributed by atoms with Gasteiger partial charge in [-0.25, -0.2) is 0 Å². The van der Waals surface area contributed by atoms with E-state index in [0.29, 0.717) is 514 Å². The molecule has 0 aromatic carbocycles. The highest BCUT2D eigenvalue weighted by Gasteiger charge is 2.33. The number of ketones is 3. The van der Waals surface area contributed by atoms with Crippen LogP contribution in [0.4, 0.5) is 0 Å². The van der Waals surface area contributed by atoms with E-state index < -0.39 is 11.4 Å². The number of amides is 3. The summed E-state index contributed by atoms with van der Waals surface area (Å²) in [5, 5.41) is 5.91. The monoisotopic (exact) mass is 2180 g/mol. The zero-order chi connectivity index (χ0) is 108. The molecule has 0 fully saturated rings. The summed E-state index contributed by atoms with van der Waals surface area (Å²) in [5.41, 5.74) is 4.01. The molecule has 48 nitrogen and oxygen atoms in total. The smallest absolute Gasteiger partial charge is 0.222 e. The van der Waals surface area contributed by atoms with Crippen molar-refractivity contribution in [2.75, 3.05) is 523 Å². The summed E-state index contributed by atoms with van der Waals surface area (Å²) in [6.45, 7) is 30.8. The van der Waals surface area contributed by atoms with Gasteiger partial charge in [0.05, 0.1) is 481 Å². The van der Waals surface area contributed by atoms with Crippen molar-refractivity contribution in [1.29, 1.82) is 0 Å². The molecule has 0 aliphatic rings. The first-order valence-electron chi connectivity index (χ1n) is 53.7. The number of carbonyl (C=O) groups excluding carboxylic acids is 6. The van der Waals surface area contributed by atoms with Crippen LogP contribution >= 0.6 is 0 Å². The number of nitrogens with one attached hydrogen (secondary N) is 2. The minimum absolute atomic E-state index is 0.0184. The van der Waals surface area contributed by atoms with E-state index in [9.17, 15) is 28.8 Å². The van der Waals surface area contributed by atoms with Gasteiger partial charge in [0.2, 0.25) is 17.7 Å². The lowest BCUT2D eigenvalue weighted by atomic mass is 9.92. The van der Waals surface area contributed by atoms with Crippen LogP contribution in [-0.2, 0) is 214 Å². The largest absolute Gasteiger partial charge is 0.382 e. The fourth-order valence-electron chi connectivity index (χ4n) is 12.2. The van der Waals surface area contributed by atoms with Crippen LogP contribution in [0.25, 0.3) is 0 Å². The molecule has 0 radical (unpaired) electrons. The van der Waals surface area contributed by atoms with Crippen molar-refractivity contribution in [3.8, 4) is 0 Å². The molecular weight excluding hydrogens is 1990 g/mol. The number of ether oxygens (including phenoxy) is 39. The van der Waals surface area contributed by atoms with Gasteiger partial charge in [-0.15, -0.1) is 0 Å². The van der Waals surface area contributed by atoms with Crippen LogP contribution in [0.2, 0.25) is 0 Å². The molecule has 0 heterocycles. The van der Waals surface area contributed by atoms with Crippen molar-refractivity contribution in [3.63, 3.8) is 0 Å². The topological polar surface area (TPSA) is 512 Å². The van der Waals surface area contributed by atoms with Crippen LogP contribution in [0.15, 0.2) is 0 Å². The molecule has 0 saturated heterocycles. The van der Waals surface area contributed by atoms with Crippen molar-refractivity contribution in [1.82, 2.24) is 10.6 Å². The fraction of sp³-hybridized carbons (Fsp3) is 0.941. The van der Waals surface area contributed by atoms with Gasteiger partial charge < -0.3 is 201 Å². The van der Waals surface area contributed by atoms with Gasteiger partial charge in [0, 0.05) is 105 Å². The molecule has 0 aromatic rings. The van der Waals surface area contributed by atoms with Crippen LogP contribution in [0.1, 0.15) is 103 Å². The van der Waals surface area contributed by atoms with E-state index >= 15 is 0 Å². The number of primary amides is 1. The minimum atomic E-state index is -1.13. The molecule has 4 N–H and O–H groups in total. The lowest BCUT2D eigenvalue weighted by Crippen LogP contribution is -2.55. The third kappa shape index (κ3) is 124. The van der Waals surface area contributed by atoms with Gasteiger partial charge in [-0.1, -0.05) is 6.42 Å². The van der Waals surface area contributed by atoms with Crippen LogP contribution < -0.4 is 16.4 Å². The summed E-state index contributed by atoms with van der Waals surface area (Å²) < 4.78 is 217. The van der Waals surface area contributed by atoms with Gasteiger partial charge in [0.1, 0.15) is 17.3 Å². The second kappa shape index (κ2) is 128. The van der Waals surface area contributed by atoms with E-state index in [4.69, 9.17) is 190 Å². The number of hydrogen-bond acceptors (Lipinski definition) is 45. The first-order chi connectivity index (χ1) is 74.1. The highest BCUT2D eigenvalue weighted by molar-refractivity contribution is 5.80. The van der Waals surface area contributed by atoms with E-state index in [1.54, 1.807) is 21.3 Å². The number of unbranched alkanes of at least 4 members (excludes halogenated alkanes) is 1. The van der Waals surface area contributed by atoms with Crippen LogP contribution in [0.5, 0.6) is 0 Å². The summed E-state index contributed by atoms with van der Waals surface area (Å²) in [4.78, 5) is 76.6. The zero-order valence-electron chi connectivity index (χ0n) is 91.5. The normalized spacial score (nSPS) is 11.8. The van der Waals surface area contributed by atoms with E-state index in [2.05, 4.69) is 10.6 Å². The Bertz CT molecular complexity index is 2520. The summed E-state index contributed by atoms with van der Waals surface area (Å²) in [6, 6.07) is 0. The molecule has 0 aliphatic carbocycles. The molecule has 150 heavy (non-hydrogen) atoms. The van der Waals surface area contributed by atoms with Crippen LogP contribution in [0, 0.1) is 0 Å². The molecule has 0 unspecified atom stereocenters. The second-order valence-corrected chi connectivity index (χ2v) is 32.8. The van der Waals surface area contributed by atoms with E-state index in [1.807, 2.05) is 0 Å². The Morgan fingerprint density at radius 1 is 0.167 bits per heavy atom. The molecule has 48 heteroatoms. The standard InChI is InChI=1S/C102H197N3O45/c1-112-28-31-120-44-47-128-58-61-134-70-73-140-82-85-146-91-88-143-79-76-137-67-64-131-55-50-123-39-34-115-21-7-11-96(106)10-4-5-19-102(105-101(111)18-26-118-37-42-126-53-54-127-43-38-119-27-20-104-100(110)15-6-14-99(103)109,94-149-24-16-97(107)12-8-22-116-35-40-124-51-56-132-65-68-138-77-80-144-89-92-147-86-83-141-74-71-135-62-59-129-48-45-121-32-29-113-2)95-150-25-17-98(108)13-9-23-117-36-41-125-52-57-133-66-69-139-78-81-145-90-93-148-87-84-142-75-72-136-63-60-130-49-46-122-33-30-114-3/h4-95H2,1-3H3,(H2,103,109)(H,104,110)(H,105,111). The SMILES string of the molecule is COCCOCCOCCOCCOCCOCCOCCOCCOCCOCCOCCCC(=O)CCCCC(COCCC(=O)CCCOCCOCCOCCOCCOCCOCCOCCOCCOCCOCCOC)(COCCC(=O)CCCOCCOCCOCCOCCOCCOCCOCCOCCOCCOCCOC)NC(=O)CCOCCOCCOCCOCCNC(=O)CCCC(N)=O. The zero-order valence-corrected chi connectivity index (χ0v) is 91.5. The number of rotatable bonds is 137. The van der Waals surface area contributed by atoms with Crippen molar-refractivity contribution >= 4 is 35.1 Å². The first-order valence-corrected chi connectivity index (χ1v) is 53.7. The Kier molecular flexibility index (Phi) is 125. The third-order valence-electron chi connectivity index (χ3n) is 20.1. The predicted octanol–water partition coefficient (Wildman–Crippen LogP) is 2.93. The maximum atomic E-state index is 14.0. The molecule has 0 atom stereocenters. The molecule has 0 aliphatic heterocycles. The number of carbonyl (C=O) groups is 6. The maximum Gasteiger partial charge on any atom is 0.222 e. The van der Waals surface area contributed by atoms with Crippen LogP contribution in [0.3, 0.4) is 0 Å². The summed E-state index contributed by atoms with van der Waals surface area (Å²) in [5.74, 6) is -0.948. The molecular formula is C102H197N3O45. The molecule has 0 bridgehead atoms. The van der Waals surface area contributed by atoms with Gasteiger partial charge in [-0.2, -0.15) is 0 Å². The van der Waals surface area contributed by atoms with Gasteiger partial charge >= 0.3 is 0 Å². The van der Waals surface area contributed by atoms with Crippen molar-refractivity contribution in [2.45, 2.75) is 108 Å². The average molecular weight is 2190 g/mol. The molecule has 0 aromatic heterocycles. The Labute approximate surface area is 892 Å². The molecule has 890 valence electrons. The second-order valence-electron chi connectivity index (χ2n) is 32.8. The van der Waals surface area contributed by atoms with Crippen molar-refractivity contribution < 1.29 is 214 Å². The Morgan fingerprint density at radius 2 is 0.347 bits per heavy atom. The Balaban J connectivity index is 5.21. The predicted molar refractivity (Wildman–Crippen MR) is 547 cm³/mol. The Morgan fingerprint density at radius 3 is 0.560 bits per heavy atom. The minimum Gasteiger partial charge on any atom is -0.382 e. The Hall–Kier alpha value is -4.14. The van der Waals surface area contributed by atoms with Crippen LogP contribution in [-0.4, -0.2) is 564 Å². The van der Waals surface area contributed by atoms with Gasteiger partial charge in [0.15, 0.2) is 0 Å². The fourth-order valence-corrected chi connectivity index (χ4v) is 12.2. The molecule has 0 rings (SSSR count). The summed E-state index contributed by atoms with van der Waals surface area (Å²) in [6.07, 6.45) is 4.98. The summed E-state index contributed by atoms with van der Waals surface area (Å²) >= 11 is 0. The number of methoxy groups -OCH3 is 3. The van der Waals surface area contributed by atoms with E-state index in [0.717, 1.165) is 0 Å². The average Bonchev–Trinajstić information content (AvgIpc) is 0.852. The highest BCUT2D eigenvalue weighted by atomic mass is 16.6. The number of nitrogens with two attached hydrogens (primary N) is 1. The van der Waals surface area contributed by atoms with E-state index in [-0.39, 0.29) is 120 Å². The summed E-state index contributed by atoms with van der Waals surface area (Å²) in [7, 11) is 4.90. The molecule has 0 saturated carbocycles. The van der Waals surface area contributed by atoms with Gasteiger partial charge in [-0.05, 0) is 38.5 Å². The van der Waals surface area contributed by atoms with Gasteiger partial charge in [-0.3, -0.25) is 28.8 Å². The third-order valence-corrected chi connectivity index (χ3v) is 20.1. The number of hydrogen-bond donors (Lipinski definition) is 3. The lowest BCUT2D eigenvalue weighted by molar-refractivity contribution is -0.128. The van der Waals surface area contributed by atoms with Crippen molar-refractivity contribution in [3.05, 3.63) is 0 Å². The number of Topliss-reactive ketones (excluding diaryl/α,β-unsaturated/α-hetero) is 3. The quantitative estimate of drug-likeness (QED) is 0.0737. The van der Waals surface area contributed by atoms with Gasteiger partial charge in [0.25, 0.3) is 0 Å². The molecule has 3 amide bonds. The molecule has 0 spiro atoms. The lowest BCUT2D eigenvalue weighted by Gasteiger charge is -2.35.